The molecule has 1 saturated heterocycles. The van der Waals surface area contributed by atoms with E-state index >= 15 is 0 Å². The number of likely N-dealkylation sites (N-methyl/N-ethyl adjacent to an activating group) is 1. The standard InChI is InChI=1S/C12H24N2/c1-14(11-6-3-2-4-7-11)12-8-5-9-13-10-12/h11-13H,2-10H2,1H3. The van der Waals surface area contributed by atoms with Gasteiger partial charge in [0.2, 0.25) is 0 Å². The van der Waals surface area contributed by atoms with Gasteiger partial charge >= 0.3 is 0 Å². The summed E-state index contributed by atoms with van der Waals surface area (Å²) in [6.45, 7) is 2.45. The smallest absolute Gasteiger partial charge is 0.0220 e. The predicted molar refractivity (Wildman–Crippen MR) is 60.5 cm³/mol. The highest BCUT2D eigenvalue weighted by Gasteiger charge is 2.25. The normalized spacial score (nSPS) is 30.9. The van der Waals surface area contributed by atoms with E-state index in [1.54, 1.807) is 0 Å². The highest BCUT2D eigenvalue weighted by molar-refractivity contribution is 4.82. The molecule has 1 aliphatic heterocycles. The Bertz CT molecular complexity index is 140. The third kappa shape index (κ3) is 2.48. The highest BCUT2D eigenvalue weighted by atomic mass is 15.2. The molecule has 14 heavy (non-hydrogen) atoms. The predicted octanol–water partition coefficient (Wildman–Crippen LogP) is 2.00. The molecule has 2 heteroatoms. The first-order valence-electron chi connectivity index (χ1n) is 6.30. The van der Waals surface area contributed by atoms with Gasteiger partial charge in [0.25, 0.3) is 0 Å². The van der Waals surface area contributed by atoms with E-state index in [-0.39, 0.29) is 0 Å². The van der Waals surface area contributed by atoms with Crippen LogP contribution in [0.4, 0.5) is 0 Å². The quantitative estimate of drug-likeness (QED) is 0.727. The molecule has 0 aromatic carbocycles. The van der Waals surface area contributed by atoms with Crippen molar-refractivity contribution in [3.63, 3.8) is 0 Å². The van der Waals surface area contributed by atoms with Crippen molar-refractivity contribution >= 4 is 0 Å². The molecular formula is C12H24N2. The Balaban J connectivity index is 1.82. The molecule has 1 aliphatic carbocycles. The van der Waals surface area contributed by atoms with E-state index in [1.807, 2.05) is 0 Å². The second-order valence-electron chi connectivity index (χ2n) is 4.96. The van der Waals surface area contributed by atoms with Crippen molar-refractivity contribution < 1.29 is 0 Å². The van der Waals surface area contributed by atoms with Gasteiger partial charge < -0.3 is 5.32 Å². The largest absolute Gasteiger partial charge is 0.315 e. The van der Waals surface area contributed by atoms with Crippen LogP contribution in [-0.4, -0.2) is 37.1 Å². The average molecular weight is 196 g/mol. The first-order valence-corrected chi connectivity index (χ1v) is 6.30. The van der Waals surface area contributed by atoms with Gasteiger partial charge in [-0.3, -0.25) is 4.90 Å². The van der Waals surface area contributed by atoms with Crippen molar-refractivity contribution in [3.8, 4) is 0 Å². The molecule has 2 rings (SSSR count). The van der Waals surface area contributed by atoms with Crippen LogP contribution in [0.15, 0.2) is 0 Å². The van der Waals surface area contributed by atoms with Crippen molar-refractivity contribution in [2.45, 2.75) is 57.0 Å². The van der Waals surface area contributed by atoms with Gasteiger partial charge in [0.05, 0.1) is 0 Å². The average Bonchev–Trinajstić information content (AvgIpc) is 2.30. The van der Waals surface area contributed by atoms with E-state index in [2.05, 4.69) is 17.3 Å². The van der Waals surface area contributed by atoms with E-state index in [0.29, 0.717) is 0 Å². The number of nitrogens with zero attached hydrogens (tertiary/aromatic N) is 1. The maximum Gasteiger partial charge on any atom is 0.0220 e. The van der Waals surface area contributed by atoms with Crippen LogP contribution < -0.4 is 5.32 Å². The van der Waals surface area contributed by atoms with Crippen LogP contribution in [0, 0.1) is 0 Å². The highest BCUT2D eigenvalue weighted by Crippen LogP contribution is 2.24. The number of piperidine rings is 1. The lowest BCUT2D eigenvalue weighted by molar-refractivity contribution is 0.118. The summed E-state index contributed by atoms with van der Waals surface area (Å²) in [7, 11) is 2.34. The second kappa shape index (κ2) is 5.13. The maximum atomic E-state index is 3.51. The lowest BCUT2D eigenvalue weighted by Crippen LogP contribution is -2.48. The fourth-order valence-corrected chi connectivity index (χ4v) is 2.97. The van der Waals surface area contributed by atoms with Crippen LogP contribution in [0.25, 0.3) is 0 Å². The summed E-state index contributed by atoms with van der Waals surface area (Å²) in [5.41, 5.74) is 0. The van der Waals surface area contributed by atoms with Gasteiger partial charge in [-0.25, -0.2) is 0 Å². The molecule has 0 spiro atoms. The third-order valence-electron chi connectivity index (χ3n) is 4.00. The topological polar surface area (TPSA) is 15.3 Å². The van der Waals surface area contributed by atoms with Gasteiger partial charge in [-0.1, -0.05) is 19.3 Å². The molecule has 0 aromatic rings. The number of hydrogen-bond donors (Lipinski definition) is 1. The Hall–Kier alpha value is -0.0800. The molecule has 0 amide bonds. The van der Waals surface area contributed by atoms with Crippen molar-refractivity contribution in [1.29, 1.82) is 0 Å². The van der Waals surface area contributed by atoms with Crippen LogP contribution in [0.5, 0.6) is 0 Å². The summed E-state index contributed by atoms with van der Waals surface area (Å²) in [6.07, 6.45) is 10.0. The third-order valence-corrected chi connectivity index (χ3v) is 4.00. The fourth-order valence-electron chi connectivity index (χ4n) is 2.97. The van der Waals surface area contributed by atoms with Gasteiger partial charge in [0, 0.05) is 18.6 Å². The van der Waals surface area contributed by atoms with Gasteiger partial charge in [-0.2, -0.15) is 0 Å². The molecule has 0 aromatic heterocycles. The van der Waals surface area contributed by atoms with E-state index in [1.165, 1.54) is 58.0 Å². The molecule has 1 unspecified atom stereocenters. The Morgan fingerprint density at radius 2 is 1.64 bits per heavy atom. The van der Waals surface area contributed by atoms with Crippen LogP contribution in [0.3, 0.4) is 0 Å². The molecule has 2 fully saturated rings. The molecule has 0 bridgehead atoms. The summed E-state index contributed by atoms with van der Waals surface area (Å²) in [5.74, 6) is 0. The molecule has 0 radical (unpaired) electrons. The van der Waals surface area contributed by atoms with Crippen LogP contribution in [0.2, 0.25) is 0 Å². The molecule has 1 heterocycles. The summed E-state index contributed by atoms with van der Waals surface area (Å²) in [4.78, 5) is 2.66. The van der Waals surface area contributed by atoms with Crippen LogP contribution in [0.1, 0.15) is 44.9 Å². The van der Waals surface area contributed by atoms with Gasteiger partial charge in [0.15, 0.2) is 0 Å². The van der Waals surface area contributed by atoms with Crippen LogP contribution >= 0.6 is 0 Å². The minimum absolute atomic E-state index is 0.812. The fraction of sp³-hybridized carbons (Fsp3) is 1.00. The number of rotatable bonds is 2. The molecule has 1 N–H and O–H groups in total. The Labute approximate surface area is 88.1 Å². The molecule has 1 atom stereocenters. The van der Waals surface area contributed by atoms with Gasteiger partial charge in [-0.05, 0) is 39.3 Å². The van der Waals surface area contributed by atoms with E-state index in [0.717, 1.165) is 12.1 Å². The Morgan fingerprint density at radius 1 is 0.929 bits per heavy atom. The minimum Gasteiger partial charge on any atom is -0.315 e. The summed E-state index contributed by atoms with van der Waals surface area (Å²) in [5, 5.41) is 3.51. The second-order valence-corrected chi connectivity index (χ2v) is 4.96. The molecule has 2 aliphatic rings. The van der Waals surface area contributed by atoms with Crippen molar-refractivity contribution in [2.24, 2.45) is 0 Å². The SMILES string of the molecule is CN(C1CCCCC1)C1CCCNC1. The molecule has 1 saturated carbocycles. The zero-order chi connectivity index (χ0) is 9.80. The van der Waals surface area contributed by atoms with E-state index in [4.69, 9.17) is 0 Å². The monoisotopic (exact) mass is 196 g/mol. The Kier molecular flexibility index (Phi) is 3.82. The zero-order valence-corrected chi connectivity index (χ0v) is 9.47. The first kappa shape index (κ1) is 10.4. The molecular weight excluding hydrogens is 172 g/mol. The van der Waals surface area contributed by atoms with Gasteiger partial charge in [-0.15, -0.1) is 0 Å². The lowest BCUT2D eigenvalue weighted by Gasteiger charge is -2.39. The van der Waals surface area contributed by atoms with E-state index in [9.17, 15) is 0 Å². The molecule has 82 valence electrons. The van der Waals surface area contributed by atoms with E-state index < -0.39 is 0 Å². The van der Waals surface area contributed by atoms with Gasteiger partial charge in [0.1, 0.15) is 0 Å². The summed E-state index contributed by atoms with van der Waals surface area (Å²) in [6, 6.07) is 1.69. The van der Waals surface area contributed by atoms with Crippen molar-refractivity contribution in [3.05, 3.63) is 0 Å². The number of hydrogen-bond acceptors (Lipinski definition) is 2. The lowest BCUT2D eigenvalue weighted by atomic mass is 9.92. The number of nitrogens with one attached hydrogen (secondary N) is 1. The van der Waals surface area contributed by atoms with Crippen molar-refractivity contribution in [2.75, 3.05) is 20.1 Å². The maximum absolute atomic E-state index is 3.51. The van der Waals surface area contributed by atoms with Crippen molar-refractivity contribution in [1.82, 2.24) is 10.2 Å². The zero-order valence-electron chi connectivity index (χ0n) is 9.47. The Morgan fingerprint density at radius 3 is 2.29 bits per heavy atom. The summed E-state index contributed by atoms with van der Waals surface area (Å²) >= 11 is 0. The minimum atomic E-state index is 0.812. The summed E-state index contributed by atoms with van der Waals surface area (Å²) < 4.78 is 0. The molecule has 2 nitrogen and oxygen atoms in total. The first-order chi connectivity index (χ1) is 6.88. The van der Waals surface area contributed by atoms with Crippen LogP contribution in [-0.2, 0) is 0 Å².